The average molecular weight is 250 g/mol. The van der Waals surface area contributed by atoms with Crippen molar-refractivity contribution in [3.8, 4) is 0 Å². The summed E-state index contributed by atoms with van der Waals surface area (Å²) in [5.41, 5.74) is 1.08. The first-order valence-electron chi connectivity index (χ1n) is 5.16. The molecule has 92 valence electrons. The maximum Gasteiger partial charge on any atom is 0.270 e. The third kappa shape index (κ3) is 4.90. The highest BCUT2D eigenvalue weighted by atomic mass is 35.5. The smallest absolute Gasteiger partial charge is 0.270 e. The van der Waals surface area contributed by atoms with Crippen molar-refractivity contribution in [2.75, 3.05) is 13.6 Å². The second kappa shape index (κ2) is 6.81. The molecule has 0 heterocycles. The van der Waals surface area contributed by atoms with E-state index in [1.165, 1.54) is 6.07 Å². The summed E-state index contributed by atoms with van der Waals surface area (Å²) >= 11 is 0. The highest BCUT2D eigenvalue weighted by molar-refractivity contribution is 5.85. The Bertz CT molecular complexity index is 310. The minimum absolute atomic E-state index is 0. The molecule has 0 aliphatic rings. The van der Waals surface area contributed by atoms with E-state index < -0.39 is 5.92 Å². The van der Waals surface area contributed by atoms with Gasteiger partial charge in [-0.2, -0.15) is 0 Å². The molecular weight excluding hydrogens is 232 g/mol. The van der Waals surface area contributed by atoms with Crippen molar-refractivity contribution in [1.82, 2.24) is 5.32 Å². The van der Waals surface area contributed by atoms with E-state index in [-0.39, 0.29) is 18.0 Å². The van der Waals surface area contributed by atoms with Crippen LogP contribution in [0.15, 0.2) is 24.3 Å². The van der Waals surface area contributed by atoms with Crippen molar-refractivity contribution in [2.45, 2.75) is 25.7 Å². The number of aryl methyl sites for hydroxylation is 1. The van der Waals surface area contributed by atoms with E-state index >= 15 is 0 Å². The Morgan fingerprint density at radius 1 is 1.31 bits per heavy atom. The van der Waals surface area contributed by atoms with Crippen molar-refractivity contribution < 1.29 is 8.78 Å². The third-order valence-corrected chi connectivity index (χ3v) is 2.33. The van der Waals surface area contributed by atoms with Crippen LogP contribution >= 0.6 is 12.4 Å². The molecule has 1 aromatic carbocycles. The van der Waals surface area contributed by atoms with Crippen LogP contribution in [-0.4, -0.2) is 13.6 Å². The van der Waals surface area contributed by atoms with Gasteiger partial charge >= 0.3 is 0 Å². The lowest BCUT2D eigenvalue weighted by atomic mass is 10.0. The van der Waals surface area contributed by atoms with Crippen LogP contribution in [0.3, 0.4) is 0 Å². The van der Waals surface area contributed by atoms with Crippen LogP contribution < -0.4 is 5.32 Å². The lowest BCUT2D eigenvalue weighted by Crippen LogP contribution is -2.09. The van der Waals surface area contributed by atoms with Crippen molar-refractivity contribution in [3.63, 3.8) is 0 Å². The van der Waals surface area contributed by atoms with Gasteiger partial charge in [0, 0.05) is 12.5 Å². The summed E-state index contributed by atoms with van der Waals surface area (Å²) in [7, 11) is 1.89. The Morgan fingerprint density at radius 3 is 2.56 bits per heavy atom. The monoisotopic (exact) mass is 249 g/mol. The van der Waals surface area contributed by atoms with Crippen LogP contribution in [0.1, 0.15) is 24.5 Å². The maximum absolute atomic E-state index is 13.0. The van der Waals surface area contributed by atoms with Gasteiger partial charge in [-0.3, -0.25) is 0 Å². The number of alkyl halides is 2. The second-order valence-electron chi connectivity index (χ2n) is 3.80. The van der Waals surface area contributed by atoms with E-state index in [2.05, 4.69) is 5.32 Å². The fourth-order valence-corrected chi connectivity index (χ4v) is 1.47. The van der Waals surface area contributed by atoms with E-state index in [0.29, 0.717) is 0 Å². The van der Waals surface area contributed by atoms with Crippen LogP contribution in [0.2, 0.25) is 0 Å². The first-order valence-corrected chi connectivity index (χ1v) is 5.16. The van der Waals surface area contributed by atoms with Crippen LogP contribution in [0.25, 0.3) is 0 Å². The molecule has 1 aromatic rings. The van der Waals surface area contributed by atoms with Crippen LogP contribution in [0.4, 0.5) is 8.78 Å². The molecular formula is C12H18ClF2N. The summed E-state index contributed by atoms with van der Waals surface area (Å²) in [4.78, 5) is 0. The van der Waals surface area contributed by atoms with Crippen LogP contribution in [-0.2, 0) is 12.3 Å². The molecule has 1 N–H and O–H groups in total. The zero-order valence-electron chi connectivity index (χ0n) is 9.59. The largest absolute Gasteiger partial charge is 0.320 e. The van der Waals surface area contributed by atoms with E-state index in [4.69, 9.17) is 0 Å². The SMILES string of the molecule is CNCCCc1cccc(C(C)(F)F)c1.Cl. The zero-order chi connectivity index (χ0) is 11.3. The van der Waals surface area contributed by atoms with Crippen molar-refractivity contribution in [1.29, 1.82) is 0 Å². The second-order valence-corrected chi connectivity index (χ2v) is 3.80. The van der Waals surface area contributed by atoms with E-state index in [1.807, 2.05) is 13.1 Å². The van der Waals surface area contributed by atoms with Gasteiger partial charge < -0.3 is 5.32 Å². The predicted molar refractivity (Wildman–Crippen MR) is 65.5 cm³/mol. The standard InChI is InChI=1S/C12H17F2N.ClH/c1-12(13,14)11-7-3-5-10(9-11)6-4-8-15-2;/h3,5,7,9,15H,4,6,8H2,1-2H3;1H. The summed E-state index contributed by atoms with van der Waals surface area (Å²) in [5.74, 6) is -2.74. The summed E-state index contributed by atoms with van der Waals surface area (Å²) in [6.45, 7) is 1.84. The molecule has 16 heavy (non-hydrogen) atoms. The normalized spacial score (nSPS) is 11.0. The summed E-state index contributed by atoms with van der Waals surface area (Å²) in [6.07, 6.45) is 1.81. The van der Waals surface area contributed by atoms with Crippen molar-refractivity contribution >= 4 is 12.4 Å². The summed E-state index contributed by atoms with van der Waals surface area (Å²) < 4.78 is 26.0. The molecule has 0 fully saturated rings. The third-order valence-electron chi connectivity index (χ3n) is 2.33. The summed E-state index contributed by atoms with van der Waals surface area (Å²) in [6, 6.07) is 6.66. The van der Waals surface area contributed by atoms with Crippen LogP contribution in [0, 0.1) is 0 Å². The lowest BCUT2D eigenvalue weighted by Gasteiger charge is -2.11. The maximum atomic E-state index is 13.0. The van der Waals surface area contributed by atoms with E-state index in [1.54, 1.807) is 12.1 Å². The van der Waals surface area contributed by atoms with E-state index in [0.717, 1.165) is 31.9 Å². The van der Waals surface area contributed by atoms with Crippen LogP contribution in [0.5, 0.6) is 0 Å². The number of halogens is 3. The Morgan fingerprint density at radius 2 is 2.00 bits per heavy atom. The molecule has 0 amide bonds. The van der Waals surface area contributed by atoms with Gasteiger partial charge in [-0.1, -0.05) is 18.2 Å². The molecule has 1 rings (SSSR count). The minimum atomic E-state index is -2.74. The average Bonchev–Trinajstić information content (AvgIpc) is 2.17. The van der Waals surface area contributed by atoms with Crippen molar-refractivity contribution in [2.24, 2.45) is 0 Å². The van der Waals surface area contributed by atoms with Gasteiger partial charge in [0.15, 0.2) is 0 Å². The molecule has 0 aliphatic carbocycles. The number of hydrogen-bond acceptors (Lipinski definition) is 1. The topological polar surface area (TPSA) is 12.0 Å². The molecule has 4 heteroatoms. The van der Waals surface area contributed by atoms with Gasteiger partial charge in [0.25, 0.3) is 5.92 Å². The van der Waals surface area contributed by atoms with Gasteiger partial charge in [0.2, 0.25) is 0 Å². The Kier molecular flexibility index (Phi) is 6.53. The molecule has 0 atom stereocenters. The fraction of sp³-hybridized carbons (Fsp3) is 0.500. The molecule has 0 saturated heterocycles. The lowest BCUT2D eigenvalue weighted by molar-refractivity contribution is 0.0174. The summed E-state index contributed by atoms with van der Waals surface area (Å²) in [5, 5.41) is 3.03. The Balaban J connectivity index is 0.00000225. The first kappa shape index (κ1) is 15.3. The highest BCUT2D eigenvalue weighted by Gasteiger charge is 2.23. The van der Waals surface area contributed by atoms with E-state index in [9.17, 15) is 8.78 Å². The van der Waals surface area contributed by atoms with Crippen molar-refractivity contribution in [3.05, 3.63) is 35.4 Å². The Labute approximate surface area is 102 Å². The molecule has 0 spiro atoms. The molecule has 0 saturated carbocycles. The molecule has 0 bridgehead atoms. The first-order chi connectivity index (χ1) is 7.04. The minimum Gasteiger partial charge on any atom is -0.320 e. The number of hydrogen-bond donors (Lipinski definition) is 1. The van der Waals surface area contributed by atoms with Gasteiger partial charge in [-0.15, -0.1) is 12.4 Å². The molecule has 0 unspecified atom stereocenters. The molecule has 0 aliphatic heterocycles. The molecule has 0 radical (unpaired) electrons. The van der Waals surface area contributed by atoms with Gasteiger partial charge in [0.1, 0.15) is 0 Å². The van der Waals surface area contributed by atoms with Gasteiger partial charge in [-0.05, 0) is 38.1 Å². The fourth-order valence-electron chi connectivity index (χ4n) is 1.47. The number of nitrogens with one attached hydrogen (secondary N) is 1. The van der Waals surface area contributed by atoms with Gasteiger partial charge in [0.05, 0.1) is 0 Å². The molecule has 1 nitrogen and oxygen atoms in total. The quantitative estimate of drug-likeness (QED) is 0.789. The highest BCUT2D eigenvalue weighted by Crippen LogP contribution is 2.27. The zero-order valence-corrected chi connectivity index (χ0v) is 10.4. The predicted octanol–water partition coefficient (Wildman–Crippen LogP) is 3.37. The number of benzene rings is 1. The van der Waals surface area contributed by atoms with Gasteiger partial charge in [-0.25, -0.2) is 8.78 Å². The molecule has 0 aromatic heterocycles. The Hall–Kier alpha value is -0.670. The number of rotatable bonds is 5.